The molecule has 0 aromatic heterocycles. The average molecular weight is 868 g/mol. The lowest BCUT2D eigenvalue weighted by Gasteiger charge is -2.25. The second-order valence-corrected chi connectivity index (χ2v) is 17.9. The molecule has 0 radical (unpaired) electrons. The van der Waals surface area contributed by atoms with Gasteiger partial charge in [-0.05, 0) is 83.5 Å². The number of nitrogens with one attached hydrogen (secondary N) is 1. The number of rotatable bonds is 40. The van der Waals surface area contributed by atoms with Crippen molar-refractivity contribution < 1.29 is 32.9 Å². The predicted molar refractivity (Wildman–Crippen MR) is 262 cm³/mol. The van der Waals surface area contributed by atoms with E-state index in [-0.39, 0.29) is 25.5 Å². The molecule has 0 bridgehead atoms. The lowest BCUT2D eigenvalue weighted by Crippen LogP contribution is -2.45. The van der Waals surface area contributed by atoms with E-state index in [9.17, 15) is 19.4 Å². The van der Waals surface area contributed by atoms with Crippen molar-refractivity contribution in [1.82, 2.24) is 5.32 Å². The van der Waals surface area contributed by atoms with E-state index in [0.29, 0.717) is 17.4 Å². The van der Waals surface area contributed by atoms with Crippen LogP contribution in [0.25, 0.3) is 0 Å². The Kier molecular flexibility index (Phi) is 40.1. The van der Waals surface area contributed by atoms with E-state index >= 15 is 0 Å². The van der Waals surface area contributed by atoms with Crippen LogP contribution in [-0.2, 0) is 18.4 Å². The van der Waals surface area contributed by atoms with E-state index in [0.717, 1.165) is 83.5 Å². The Labute approximate surface area is 374 Å². The van der Waals surface area contributed by atoms with Gasteiger partial charge in [-0.3, -0.25) is 13.8 Å². The highest BCUT2D eigenvalue weighted by atomic mass is 31.2. The predicted octanol–water partition coefficient (Wildman–Crippen LogP) is 13.5. The smallest absolute Gasteiger partial charge is 0.387 e. The Bertz CT molecular complexity index is 1400. The van der Waals surface area contributed by atoms with Gasteiger partial charge in [-0.15, -0.1) is 0 Å². The second-order valence-electron chi connectivity index (χ2n) is 16.4. The number of amides is 1. The molecule has 3 N–H and O–H groups in total. The molecule has 0 aliphatic heterocycles. The highest BCUT2D eigenvalue weighted by Gasteiger charge is 2.27. The first-order chi connectivity index (χ1) is 29.5. The number of unbranched alkanes of at least 4 members (excludes halogenated alkanes) is 9. The number of phosphoric acid groups is 1. The summed E-state index contributed by atoms with van der Waals surface area (Å²) < 4.78 is 23.5. The molecule has 3 unspecified atom stereocenters. The fourth-order valence-electron chi connectivity index (χ4n) is 5.75. The minimum atomic E-state index is -4.36. The van der Waals surface area contributed by atoms with Gasteiger partial charge >= 0.3 is 7.82 Å². The standard InChI is InChI=1S/C52H87N2O6P/c1-6-8-10-12-14-16-18-19-20-21-22-23-24-25-26-27-28-29-30-31-32-33-34-35-36-38-40-42-44-46-52(56)53-50(49-60-61(57,58)59-48-47-54(3,4)5)51(55)45-43-41-39-37-17-15-13-11-9-7-2/h8,10,14,16,19-20,22-23,25-26,28-29,31-32,34-35,38,40,43,45,50-51,55H,6-7,9,11-13,15,17-18,21,24,27,30,33,36-37,39,41-42,44,46-49H2,1-5H3,(H-,53,56,57,58)/p+1/b10-8-,16-14-,20-19-,23-22-,26-25-,29-28-,32-31-,35-34-,40-38-,45-43+. The first-order valence-corrected chi connectivity index (χ1v) is 24.9. The quantitative estimate of drug-likeness (QED) is 0.0245. The van der Waals surface area contributed by atoms with Crippen LogP contribution in [-0.4, -0.2) is 73.4 Å². The molecular weight excluding hydrogens is 780 g/mol. The van der Waals surface area contributed by atoms with Gasteiger partial charge in [0.1, 0.15) is 13.2 Å². The zero-order valence-electron chi connectivity index (χ0n) is 39.1. The molecule has 9 heteroatoms. The number of hydrogen-bond donors (Lipinski definition) is 3. The van der Waals surface area contributed by atoms with Gasteiger partial charge in [0.15, 0.2) is 0 Å². The van der Waals surface area contributed by atoms with Gasteiger partial charge in [0.05, 0.1) is 39.9 Å². The molecule has 0 heterocycles. The molecule has 0 aliphatic carbocycles. The molecule has 8 nitrogen and oxygen atoms in total. The fraction of sp³-hybridized carbons (Fsp3) is 0.596. The lowest BCUT2D eigenvalue weighted by atomic mass is 10.1. The number of nitrogens with zero attached hydrogens (tertiary/aromatic N) is 1. The maximum absolute atomic E-state index is 12.8. The first kappa shape index (κ1) is 57.9. The molecule has 0 aromatic carbocycles. The highest BCUT2D eigenvalue weighted by Crippen LogP contribution is 2.43. The van der Waals surface area contributed by atoms with E-state index in [1.165, 1.54) is 38.5 Å². The summed E-state index contributed by atoms with van der Waals surface area (Å²) in [7, 11) is 1.51. The molecule has 0 aliphatic rings. The molecule has 61 heavy (non-hydrogen) atoms. The molecule has 0 saturated heterocycles. The van der Waals surface area contributed by atoms with Crippen LogP contribution < -0.4 is 5.32 Å². The highest BCUT2D eigenvalue weighted by molar-refractivity contribution is 7.47. The Morgan fingerprint density at radius 1 is 0.574 bits per heavy atom. The molecule has 0 aromatic rings. The molecule has 1 amide bonds. The molecular formula is C52H88N2O6P+. The van der Waals surface area contributed by atoms with Crippen molar-refractivity contribution in [3.05, 3.63) is 122 Å². The van der Waals surface area contributed by atoms with Crippen LogP contribution in [0.4, 0.5) is 0 Å². The van der Waals surface area contributed by atoms with Crippen molar-refractivity contribution in [2.75, 3.05) is 40.9 Å². The first-order valence-electron chi connectivity index (χ1n) is 23.4. The van der Waals surface area contributed by atoms with Gasteiger partial charge in [-0.1, -0.05) is 180 Å². The summed E-state index contributed by atoms with van der Waals surface area (Å²) in [6.45, 7) is 4.59. The summed E-state index contributed by atoms with van der Waals surface area (Å²) in [5.74, 6) is -0.244. The van der Waals surface area contributed by atoms with Crippen LogP contribution in [0, 0.1) is 0 Å². The van der Waals surface area contributed by atoms with E-state index in [1.54, 1.807) is 6.08 Å². The van der Waals surface area contributed by atoms with Gasteiger partial charge in [0, 0.05) is 6.42 Å². The number of likely N-dealkylation sites (N-methyl/N-ethyl adjacent to an activating group) is 1. The van der Waals surface area contributed by atoms with Gasteiger partial charge in [0.2, 0.25) is 5.91 Å². The second kappa shape index (κ2) is 42.2. The van der Waals surface area contributed by atoms with Crippen LogP contribution in [0.2, 0.25) is 0 Å². The Hall–Kier alpha value is -3.10. The third-order valence-electron chi connectivity index (χ3n) is 9.44. The molecule has 0 rings (SSSR count). The number of phosphoric ester groups is 1. The minimum absolute atomic E-state index is 0.0431. The van der Waals surface area contributed by atoms with E-state index in [2.05, 4.69) is 129 Å². The Morgan fingerprint density at radius 2 is 0.984 bits per heavy atom. The minimum Gasteiger partial charge on any atom is -0.387 e. The van der Waals surface area contributed by atoms with Crippen LogP contribution in [0.5, 0.6) is 0 Å². The van der Waals surface area contributed by atoms with E-state index in [4.69, 9.17) is 9.05 Å². The van der Waals surface area contributed by atoms with Crippen molar-refractivity contribution in [2.24, 2.45) is 0 Å². The molecule has 346 valence electrons. The van der Waals surface area contributed by atoms with E-state index < -0.39 is 20.0 Å². The molecule has 3 atom stereocenters. The number of hydrogen-bond acceptors (Lipinski definition) is 5. The number of carbonyl (C=O) groups is 1. The Morgan fingerprint density at radius 3 is 1.43 bits per heavy atom. The number of aliphatic hydroxyl groups excluding tert-OH is 1. The van der Waals surface area contributed by atoms with E-state index in [1.807, 2.05) is 27.2 Å². The maximum atomic E-state index is 12.8. The lowest BCUT2D eigenvalue weighted by molar-refractivity contribution is -0.870. The van der Waals surface area contributed by atoms with Crippen molar-refractivity contribution in [3.8, 4) is 0 Å². The third kappa shape index (κ3) is 44.8. The number of quaternary nitrogens is 1. The normalized spacial score (nSPS) is 15.3. The monoisotopic (exact) mass is 868 g/mol. The zero-order valence-corrected chi connectivity index (χ0v) is 40.0. The van der Waals surface area contributed by atoms with Gasteiger partial charge < -0.3 is 19.8 Å². The average Bonchev–Trinajstić information content (AvgIpc) is 3.21. The SMILES string of the molecule is CC/C=C\C/C=C\C/C=C\C/C=C\C/C=C\C/C=C\C/C=C\C/C=C\C/C=C\CCCC(=O)NC(COP(=O)(O)OCC[N+](C)(C)C)C(O)/C=C/CCCCCCCCCC. The topological polar surface area (TPSA) is 105 Å². The number of aliphatic hydroxyl groups is 1. The number of carbonyl (C=O) groups excluding carboxylic acids is 1. The van der Waals surface area contributed by atoms with Crippen molar-refractivity contribution in [2.45, 2.75) is 161 Å². The summed E-state index contributed by atoms with van der Waals surface area (Å²) in [4.78, 5) is 23.1. The number of allylic oxidation sites excluding steroid dienone is 19. The molecule has 0 fully saturated rings. The maximum Gasteiger partial charge on any atom is 0.472 e. The van der Waals surface area contributed by atoms with Crippen molar-refractivity contribution in [1.29, 1.82) is 0 Å². The van der Waals surface area contributed by atoms with Gasteiger partial charge in [0.25, 0.3) is 0 Å². The molecule has 0 spiro atoms. The summed E-state index contributed by atoms with van der Waals surface area (Å²) in [6.07, 6.45) is 62.9. The summed E-state index contributed by atoms with van der Waals surface area (Å²) in [6, 6.07) is -0.884. The molecule has 0 saturated carbocycles. The van der Waals surface area contributed by atoms with Crippen LogP contribution in [0.15, 0.2) is 122 Å². The van der Waals surface area contributed by atoms with Gasteiger partial charge in [-0.25, -0.2) is 4.57 Å². The van der Waals surface area contributed by atoms with Crippen LogP contribution >= 0.6 is 7.82 Å². The van der Waals surface area contributed by atoms with Crippen molar-refractivity contribution in [3.63, 3.8) is 0 Å². The van der Waals surface area contributed by atoms with Gasteiger partial charge in [-0.2, -0.15) is 0 Å². The van der Waals surface area contributed by atoms with Crippen molar-refractivity contribution >= 4 is 13.7 Å². The third-order valence-corrected chi connectivity index (χ3v) is 10.4. The van der Waals surface area contributed by atoms with Crippen LogP contribution in [0.1, 0.15) is 149 Å². The Balaban J connectivity index is 4.40. The zero-order chi connectivity index (χ0) is 45.0. The largest absolute Gasteiger partial charge is 0.472 e. The summed E-state index contributed by atoms with van der Waals surface area (Å²) in [5.41, 5.74) is 0. The summed E-state index contributed by atoms with van der Waals surface area (Å²) in [5, 5.41) is 13.7. The fourth-order valence-corrected chi connectivity index (χ4v) is 6.48. The van der Waals surface area contributed by atoms with Crippen LogP contribution in [0.3, 0.4) is 0 Å². The summed E-state index contributed by atoms with van der Waals surface area (Å²) >= 11 is 0.